The van der Waals surface area contributed by atoms with Gasteiger partial charge in [-0.05, 0) is 129 Å². The molecule has 2 N–H and O–H groups in total. The number of Topliss-reactive ketones (excluding diaryl/α,β-unsaturated/α-hetero) is 2. The minimum atomic E-state index is -0.391. The Hall–Kier alpha value is -7.76. The van der Waals surface area contributed by atoms with Crippen molar-refractivity contribution in [2.45, 2.75) is 54.4 Å². The van der Waals surface area contributed by atoms with Crippen LogP contribution in [-0.2, 0) is 22.4 Å². The van der Waals surface area contributed by atoms with Crippen molar-refractivity contribution in [3.8, 4) is 0 Å². The number of fused-ring (bicyclic) bond motifs is 2. The number of ketones is 2. The number of carbonyl (C=O) groups is 7. The van der Waals surface area contributed by atoms with Gasteiger partial charge >= 0.3 is 0 Å². The number of imide groups is 2. The summed E-state index contributed by atoms with van der Waals surface area (Å²) in [6.45, 7) is 12.1. The second-order valence-electron chi connectivity index (χ2n) is 16.1. The maximum absolute atomic E-state index is 12.9. The van der Waals surface area contributed by atoms with Crippen LogP contribution < -0.4 is 15.5 Å². The molecule has 11 nitrogen and oxygen atoms in total. The number of amides is 4. The monoisotopic (exact) mass is 866 g/mol. The number of nitrogens with zero attached hydrogens (tertiary/aromatic N) is 3. The number of hydrogen-bond donors (Lipinski definition) is 1. The van der Waals surface area contributed by atoms with Crippen molar-refractivity contribution in [2.75, 3.05) is 22.9 Å². The standard InChI is InChI=1S/C27H24N2O3.C16H11NO3.C11H15NO/c1-17-7-10-21(11-8-17)29-26(31)23-12-9-20(13-25(23)27(29)32)15-28-16-22(30)14-24-18(2)5-4-6-19(24)3;1-10-2-5-12(6-3-10)17-15(19)13-7-4-11(9-18)8-14(13)16(17)20;1-8-4-3-5-9(2)11(8)6-10(13)7-12/h4-13,15H,14,16H2,1-3H3;2-9H,1H3;3-5H,6-7,12H2,1-2H3. The Labute approximate surface area is 378 Å². The number of aryl methyl sites for hydroxylation is 6. The topological polar surface area (TPSA) is 164 Å². The van der Waals surface area contributed by atoms with E-state index in [-0.39, 0.29) is 47.9 Å². The van der Waals surface area contributed by atoms with Crippen LogP contribution in [0.1, 0.15) is 102 Å². The van der Waals surface area contributed by atoms with Gasteiger partial charge in [0.05, 0.1) is 46.7 Å². The van der Waals surface area contributed by atoms with Crippen LogP contribution in [0.15, 0.2) is 126 Å². The summed E-state index contributed by atoms with van der Waals surface area (Å²) in [5.74, 6) is -1.31. The molecule has 0 fully saturated rings. The van der Waals surface area contributed by atoms with Gasteiger partial charge in [-0.1, -0.05) is 83.9 Å². The highest BCUT2D eigenvalue weighted by molar-refractivity contribution is 6.35. The summed E-state index contributed by atoms with van der Waals surface area (Å²) < 4.78 is 0. The van der Waals surface area contributed by atoms with E-state index in [9.17, 15) is 33.6 Å². The summed E-state index contributed by atoms with van der Waals surface area (Å²) in [4.78, 5) is 91.3. The summed E-state index contributed by atoms with van der Waals surface area (Å²) in [5, 5.41) is 0. The van der Waals surface area contributed by atoms with Gasteiger partial charge in [0.25, 0.3) is 23.6 Å². The van der Waals surface area contributed by atoms with Crippen LogP contribution in [0.25, 0.3) is 0 Å². The van der Waals surface area contributed by atoms with E-state index in [1.54, 1.807) is 48.7 Å². The van der Waals surface area contributed by atoms with E-state index in [2.05, 4.69) is 4.99 Å². The second-order valence-corrected chi connectivity index (χ2v) is 16.1. The Bertz CT molecular complexity index is 2840. The Balaban J connectivity index is 0.000000180. The molecule has 0 aliphatic carbocycles. The third-order valence-corrected chi connectivity index (χ3v) is 11.3. The molecule has 2 heterocycles. The molecule has 8 rings (SSSR count). The van der Waals surface area contributed by atoms with E-state index >= 15 is 0 Å². The van der Waals surface area contributed by atoms with Crippen LogP contribution in [0.4, 0.5) is 11.4 Å². The normalized spacial score (nSPS) is 12.7. The largest absolute Gasteiger partial charge is 0.324 e. The molecule has 0 spiro atoms. The second kappa shape index (κ2) is 20.6. The number of hydrogen-bond acceptors (Lipinski definition) is 9. The van der Waals surface area contributed by atoms with Crippen LogP contribution in [-0.4, -0.2) is 60.8 Å². The molecule has 65 heavy (non-hydrogen) atoms. The molecular weight excluding hydrogens is 817 g/mol. The number of aliphatic imine (C=N–C) groups is 1. The minimum absolute atomic E-state index is 0.0246. The molecule has 6 aromatic carbocycles. The fourth-order valence-electron chi connectivity index (χ4n) is 7.56. The van der Waals surface area contributed by atoms with E-state index in [0.29, 0.717) is 58.3 Å². The van der Waals surface area contributed by atoms with E-state index in [4.69, 9.17) is 5.73 Å². The molecule has 0 aromatic heterocycles. The number of carbonyl (C=O) groups excluding carboxylic acids is 7. The van der Waals surface area contributed by atoms with Gasteiger partial charge in [-0.2, -0.15) is 0 Å². The van der Waals surface area contributed by atoms with E-state index < -0.39 is 5.91 Å². The first kappa shape index (κ1) is 46.7. The quantitative estimate of drug-likeness (QED) is 0.0769. The summed E-state index contributed by atoms with van der Waals surface area (Å²) in [6.07, 6.45) is 3.05. The highest BCUT2D eigenvalue weighted by Crippen LogP contribution is 2.30. The first-order valence-corrected chi connectivity index (χ1v) is 21.1. The van der Waals surface area contributed by atoms with Crippen molar-refractivity contribution in [2.24, 2.45) is 10.7 Å². The van der Waals surface area contributed by atoms with Crippen LogP contribution in [0.3, 0.4) is 0 Å². The van der Waals surface area contributed by atoms with Gasteiger partial charge in [0.2, 0.25) is 0 Å². The molecule has 6 aromatic rings. The molecule has 11 heteroatoms. The lowest BCUT2D eigenvalue weighted by Crippen LogP contribution is -2.29. The third kappa shape index (κ3) is 10.7. The van der Waals surface area contributed by atoms with Gasteiger partial charge in [0.1, 0.15) is 6.29 Å². The molecule has 0 atom stereocenters. The zero-order valence-corrected chi connectivity index (χ0v) is 37.3. The zero-order valence-electron chi connectivity index (χ0n) is 37.3. The van der Waals surface area contributed by atoms with Crippen molar-refractivity contribution in [3.63, 3.8) is 0 Å². The van der Waals surface area contributed by atoms with E-state index in [1.807, 2.05) is 102 Å². The van der Waals surface area contributed by atoms with Gasteiger partial charge in [-0.3, -0.25) is 38.6 Å². The third-order valence-electron chi connectivity index (χ3n) is 11.3. The molecule has 0 saturated heterocycles. The van der Waals surface area contributed by atoms with Gasteiger partial charge in [0.15, 0.2) is 11.6 Å². The summed E-state index contributed by atoms with van der Waals surface area (Å²) >= 11 is 0. The molecule has 0 unspecified atom stereocenters. The van der Waals surface area contributed by atoms with Crippen molar-refractivity contribution in [3.05, 3.63) is 199 Å². The lowest BCUT2D eigenvalue weighted by atomic mass is 9.98. The first-order chi connectivity index (χ1) is 31.1. The molecule has 328 valence electrons. The lowest BCUT2D eigenvalue weighted by molar-refractivity contribution is -0.117. The smallest absolute Gasteiger partial charge is 0.266 e. The molecule has 2 aliphatic heterocycles. The van der Waals surface area contributed by atoms with E-state index in [0.717, 1.165) is 38.3 Å². The van der Waals surface area contributed by atoms with E-state index in [1.165, 1.54) is 34.2 Å². The van der Waals surface area contributed by atoms with Gasteiger partial charge < -0.3 is 5.73 Å². The summed E-state index contributed by atoms with van der Waals surface area (Å²) in [5.41, 5.74) is 17.6. The highest BCUT2D eigenvalue weighted by Gasteiger charge is 2.38. The highest BCUT2D eigenvalue weighted by atomic mass is 16.2. The number of aldehydes is 1. The first-order valence-electron chi connectivity index (χ1n) is 21.1. The predicted octanol–water partition coefficient (Wildman–Crippen LogP) is 8.63. The number of anilines is 2. The molecule has 0 saturated carbocycles. The Morgan fingerprint density at radius 1 is 0.508 bits per heavy atom. The molecule has 2 aliphatic rings. The maximum Gasteiger partial charge on any atom is 0.266 e. The van der Waals surface area contributed by atoms with Gasteiger partial charge in [0, 0.05) is 24.6 Å². The SMILES string of the molecule is Cc1ccc(N2C(=O)c3ccc(C=NCC(=O)Cc4c(C)cccc4C)cc3C2=O)cc1.Cc1ccc(N2C(=O)c3ccc(C=O)cc3C2=O)cc1.Cc1cccc(C)c1CC(=O)CN. The Morgan fingerprint density at radius 3 is 1.31 bits per heavy atom. The number of nitrogens with two attached hydrogens (primary N) is 1. The maximum atomic E-state index is 12.9. The minimum Gasteiger partial charge on any atom is -0.324 e. The Kier molecular flexibility index (Phi) is 14.8. The summed E-state index contributed by atoms with van der Waals surface area (Å²) in [6, 6.07) is 36.0. The van der Waals surface area contributed by atoms with Crippen LogP contribution in [0, 0.1) is 41.5 Å². The average Bonchev–Trinajstić information content (AvgIpc) is 3.69. The van der Waals surface area contributed by atoms with Crippen LogP contribution in [0.2, 0.25) is 0 Å². The van der Waals surface area contributed by atoms with Gasteiger partial charge in [-0.25, -0.2) is 9.80 Å². The predicted molar refractivity (Wildman–Crippen MR) is 254 cm³/mol. The molecule has 0 bridgehead atoms. The fraction of sp³-hybridized carbons (Fsp3) is 0.185. The number of rotatable bonds is 11. The molecule has 4 amide bonds. The summed E-state index contributed by atoms with van der Waals surface area (Å²) in [7, 11) is 0. The van der Waals surface area contributed by atoms with Crippen LogP contribution in [0.5, 0.6) is 0 Å². The van der Waals surface area contributed by atoms with Crippen LogP contribution >= 0.6 is 0 Å². The van der Waals surface area contributed by atoms with Crippen molar-refractivity contribution in [1.29, 1.82) is 0 Å². The van der Waals surface area contributed by atoms with Crippen molar-refractivity contribution < 1.29 is 33.6 Å². The fourth-order valence-corrected chi connectivity index (χ4v) is 7.56. The van der Waals surface area contributed by atoms with Gasteiger partial charge in [-0.15, -0.1) is 0 Å². The number of benzene rings is 6. The van der Waals surface area contributed by atoms with Crippen molar-refractivity contribution >= 4 is 59.1 Å². The Morgan fingerprint density at radius 2 is 0.892 bits per heavy atom. The molecular formula is C54H50N4O7. The average molecular weight is 867 g/mol. The lowest BCUT2D eigenvalue weighted by Gasteiger charge is -2.13. The molecule has 0 radical (unpaired) electrons. The zero-order chi connectivity index (χ0) is 46.9. The van der Waals surface area contributed by atoms with Crippen molar-refractivity contribution in [1.82, 2.24) is 0 Å².